The predicted molar refractivity (Wildman–Crippen MR) is 195 cm³/mol. The number of ether oxygens (including phenoxy) is 3. The van der Waals surface area contributed by atoms with Gasteiger partial charge in [0.2, 0.25) is 0 Å². The largest absolute Gasteiger partial charge is 0.491 e. The second-order valence-electron chi connectivity index (χ2n) is 14.5. The molecule has 46 heavy (non-hydrogen) atoms. The van der Waals surface area contributed by atoms with Crippen LogP contribution < -0.4 is 9.47 Å². The van der Waals surface area contributed by atoms with Crippen molar-refractivity contribution < 1.29 is 14.2 Å². The van der Waals surface area contributed by atoms with Gasteiger partial charge in [-0.25, -0.2) is 0 Å². The normalized spacial score (nSPS) is 13.5. The van der Waals surface area contributed by atoms with Crippen LogP contribution in [0.15, 0.2) is 99.6 Å². The molecule has 4 aromatic rings. The van der Waals surface area contributed by atoms with E-state index in [-0.39, 0.29) is 28.0 Å². The molecule has 246 valence electrons. The fraction of sp³-hybridized carbons (Fsp3) is 0.429. The predicted octanol–water partition coefficient (Wildman–Crippen LogP) is 11.3. The van der Waals surface area contributed by atoms with Gasteiger partial charge in [-0.2, -0.15) is 0 Å². The van der Waals surface area contributed by atoms with E-state index in [2.05, 4.69) is 142 Å². The van der Waals surface area contributed by atoms with Gasteiger partial charge in [-0.1, -0.05) is 91.8 Å². The Balaban J connectivity index is 1.48. The van der Waals surface area contributed by atoms with Gasteiger partial charge in [-0.3, -0.25) is 0 Å². The minimum Gasteiger partial charge on any atom is -0.491 e. The van der Waals surface area contributed by atoms with Crippen molar-refractivity contribution in [2.24, 2.45) is 0 Å². The van der Waals surface area contributed by atoms with Crippen molar-refractivity contribution in [3.8, 4) is 11.5 Å². The Bertz CT molecular complexity index is 1460. The van der Waals surface area contributed by atoms with Gasteiger partial charge in [0.25, 0.3) is 0 Å². The first kappa shape index (κ1) is 35.6. The molecule has 2 unspecified atom stereocenters. The van der Waals surface area contributed by atoms with Gasteiger partial charge in [0.1, 0.15) is 18.1 Å². The van der Waals surface area contributed by atoms with Crippen LogP contribution >= 0.6 is 0 Å². The summed E-state index contributed by atoms with van der Waals surface area (Å²) in [6.45, 7) is 25.2. The SMILES string of the molecule is CCC(C)c1ccc(OC(C)OCCOc2c(C)cc([S+](c3ccc(C(C)(C)C)cc3)c3ccc(C(C)(C)C)cc3)cc2C)cc1. The zero-order valence-electron chi connectivity index (χ0n) is 30.0. The van der Waals surface area contributed by atoms with Crippen LogP contribution in [0.4, 0.5) is 0 Å². The van der Waals surface area contributed by atoms with Crippen LogP contribution in [-0.4, -0.2) is 19.5 Å². The number of hydrogen-bond acceptors (Lipinski definition) is 3. The minimum atomic E-state index is -0.362. The minimum absolute atomic E-state index is 0.115. The number of hydrogen-bond donors (Lipinski definition) is 0. The van der Waals surface area contributed by atoms with Crippen molar-refractivity contribution >= 4 is 10.9 Å². The zero-order chi connectivity index (χ0) is 33.6. The van der Waals surface area contributed by atoms with E-state index < -0.39 is 0 Å². The van der Waals surface area contributed by atoms with Crippen LogP contribution in [0.3, 0.4) is 0 Å². The lowest BCUT2D eigenvalue weighted by Crippen LogP contribution is -2.20. The summed E-state index contributed by atoms with van der Waals surface area (Å²) in [5.74, 6) is 2.29. The van der Waals surface area contributed by atoms with E-state index in [9.17, 15) is 0 Å². The molecule has 4 rings (SSSR count). The molecule has 0 aliphatic heterocycles. The molecule has 0 bridgehead atoms. The standard InChI is InChI=1S/C42H55O3S/c1-12-29(2)33-13-19-36(20-14-33)45-32(5)43-25-26-44-40-30(3)27-39(28-31(40)4)46(37-21-15-34(16-22-37)41(6,7)8)38-23-17-35(18-24-38)42(9,10)11/h13-24,27-29,32H,12,25-26H2,1-11H3/q+1. The summed E-state index contributed by atoms with van der Waals surface area (Å²) in [4.78, 5) is 3.94. The molecule has 4 heteroatoms. The van der Waals surface area contributed by atoms with Crippen molar-refractivity contribution in [1.29, 1.82) is 0 Å². The highest BCUT2D eigenvalue weighted by Crippen LogP contribution is 2.37. The van der Waals surface area contributed by atoms with Crippen LogP contribution in [0.1, 0.15) is 102 Å². The highest BCUT2D eigenvalue weighted by atomic mass is 32.2. The monoisotopic (exact) mass is 639 g/mol. The first-order chi connectivity index (χ1) is 21.7. The highest BCUT2D eigenvalue weighted by Gasteiger charge is 2.31. The summed E-state index contributed by atoms with van der Waals surface area (Å²) in [6.07, 6.45) is 0.762. The Hall–Kier alpha value is -3.21. The van der Waals surface area contributed by atoms with Crippen molar-refractivity contribution in [2.75, 3.05) is 13.2 Å². The molecule has 0 amide bonds. The second kappa shape index (κ2) is 15.1. The summed E-state index contributed by atoms with van der Waals surface area (Å²) in [5.41, 5.74) is 6.53. The first-order valence-electron chi connectivity index (χ1n) is 16.7. The number of rotatable bonds is 12. The first-order valence-corrected chi connectivity index (χ1v) is 18.0. The molecule has 3 nitrogen and oxygen atoms in total. The summed E-state index contributed by atoms with van der Waals surface area (Å²) in [7, 11) is -0.248. The Labute approximate surface area is 282 Å². The molecule has 0 spiro atoms. The quantitative estimate of drug-likeness (QED) is 0.0877. The van der Waals surface area contributed by atoms with Gasteiger partial charge >= 0.3 is 0 Å². The van der Waals surface area contributed by atoms with E-state index in [1.54, 1.807) is 0 Å². The van der Waals surface area contributed by atoms with E-state index in [1.807, 2.05) is 19.1 Å². The van der Waals surface area contributed by atoms with Crippen molar-refractivity contribution in [3.05, 3.63) is 113 Å². The fourth-order valence-corrected chi connectivity index (χ4v) is 7.76. The third-order valence-corrected chi connectivity index (χ3v) is 10.8. The Morgan fingerprint density at radius 1 is 0.630 bits per heavy atom. The average Bonchev–Trinajstić information content (AvgIpc) is 3.00. The molecule has 0 aliphatic rings. The maximum atomic E-state index is 6.30. The Morgan fingerprint density at radius 3 is 1.54 bits per heavy atom. The van der Waals surface area contributed by atoms with Crippen LogP contribution in [-0.2, 0) is 26.5 Å². The van der Waals surface area contributed by atoms with Gasteiger partial charge < -0.3 is 14.2 Å². The summed E-state index contributed by atoms with van der Waals surface area (Å²) in [5, 5.41) is 0. The number of benzene rings is 4. The van der Waals surface area contributed by atoms with Crippen molar-refractivity contribution in [3.63, 3.8) is 0 Å². The van der Waals surface area contributed by atoms with Crippen LogP contribution in [0.5, 0.6) is 11.5 Å². The molecule has 2 atom stereocenters. The lowest BCUT2D eigenvalue weighted by atomic mass is 9.87. The molecule has 0 saturated carbocycles. The lowest BCUT2D eigenvalue weighted by molar-refractivity contribution is -0.0739. The van der Waals surface area contributed by atoms with E-state index >= 15 is 0 Å². The molecule has 0 N–H and O–H groups in total. The maximum absolute atomic E-state index is 6.30. The van der Waals surface area contributed by atoms with Crippen LogP contribution in [0, 0.1) is 13.8 Å². The van der Waals surface area contributed by atoms with Gasteiger partial charge in [0, 0.05) is 12.1 Å². The maximum Gasteiger partial charge on any atom is 0.197 e. The van der Waals surface area contributed by atoms with Crippen LogP contribution in [0.2, 0.25) is 0 Å². The van der Waals surface area contributed by atoms with Crippen molar-refractivity contribution in [2.45, 2.75) is 120 Å². The molecule has 0 heterocycles. The average molecular weight is 640 g/mol. The fourth-order valence-electron chi connectivity index (χ4n) is 5.54. The Kier molecular flexibility index (Phi) is 11.7. The van der Waals surface area contributed by atoms with E-state index in [0.29, 0.717) is 19.1 Å². The van der Waals surface area contributed by atoms with Crippen molar-refractivity contribution in [1.82, 2.24) is 0 Å². The van der Waals surface area contributed by atoms with Gasteiger partial charge in [0.15, 0.2) is 21.0 Å². The highest BCUT2D eigenvalue weighted by molar-refractivity contribution is 7.97. The third-order valence-electron chi connectivity index (χ3n) is 8.63. The molecular weight excluding hydrogens is 585 g/mol. The van der Waals surface area contributed by atoms with E-state index in [1.165, 1.54) is 31.4 Å². The van der Waals surface area contributed by atoms with E-state index in [0.717, 1.165) is 29.0 Å². The zero-order valence-corrected chi connectivity index (χ0v) is 30.8. The summed E-state index contributed by atoms with van der Waals surface area (Å²) < 4.78 is 18.2. The number of aryl methyl sites for hydroxylation is 2. The molecule has 0 saturated heterocycles. The van der Waals surface area contributed by atoms with Crippen LogP contribution in [0.25, 0.3) is 0 Å². The van der Waals surface area contributed by atoms with Gasteiger partial charge in [-0.15, -0.1) is 0 Å². The summed E-state index contributed by atoms with van der Waals surface area (Å²) in [6, 6.07) is 31.4. The molecule has 4 aromatic carbocycles. The summed E-state index contributed by atoms with van der Waals surface area (Å²) >= 11 is 0. The molecule has 0 fully saturated rings. The Morgan fingerprint density at radius 2 is 1.11 bits per heavy atom. The lowest BCUT2D eigenvalue weighted by Gasteiger charge is -2.20. The molecular formula is C42H55O3S+. The molecule has 0 aliphatic carbocycles. The van der Waals surface area contributed by atoms with Gasteiger partial charge in [0.05, 0.1) is 17.5 Å². The topological polar surface area (TPSA) is 27.7 Å². The molecule has 0 aromatic heterocycles. The molecule has 0 radical (unpaired) electrons. The third kappa shape index (κ3) is 9.20. The smallest absolute Gasteiger partial charge is 0.197 e. The second-order valence-corrected chi connectivity index (χ2v) is 16.6. The van der Waals surface area contributed by atoms with Gasteiger partial charge in [-0.05, 0) is 108 Å². The van der Waals surface area contributed by atoms with E-state index in [4.69, 9.17) is 14.2 Å².